The Balaban J connectivity index is 1.10. The summed E-state index contributed by atoms with van der Waals surface area (Å²) in [6, 6.07) is 61.2. The standard InChI is InChI=1S/C50H37N3/c1-50(31-13-12-20-44(50)49(51)34-14-4-2-5-15-34)37-25-27-39(28-26-37)53-45-21-10-8-18-40(45)42-29-23-36(33-48(42)53)35-24-30-47-43(32-35)41-19-9-11-22-46(41)52(47)38-16-6-3-7-17-38/h2-33H,51H2,1H3/b49-44-. The van der Waals surface area contributed by atoms with Gasteiger partial charge in [0.25, 0.3) is 0 Å². The van der Waals surface area contributed by atoms with Crippen molar-refractivity contribution in [3.63, 3.8) is 0 Å². The maximum atomic E-state index is 6.85. The van der Waals surface area contributed by atoms with Crippen LogP contribution in [0.25, 0.3) is 71.8 Å². The number of nitrogens with two attached hydrogens (primary N) is 1. The van der Waals surface area contributed by atoms with Gasteiger partial charge in [0.05, 0.1) is 22.1 Å². The monoisotopic (exact) mass is 679 g/mol. The molecular weight excluding hydrogens is 643 g/mol. The van der Waals surface area contributed by atoms with Gasteiger partial charge in [-0.25, -0.2) is 0 Å². The van der Waals surface area contributed by atoms with Crippen LogP contribution >= 0.6 is 0 Å². The van der Waals surface area contributed by atoms with Gasteiger partial charge in [0.15, 0.2) is 0 Å². The quantitative estimate of drug-likeness (QED) is 0.193. The summed E-state index contributed by atoms with van der Waals surface area (Å²) >= 11 is 0. The van der Waals surface area contributed by atoms with Gasteiger partial charge < -0.3 is 14.9 Å². The smallest absolute Gasteiger partial charge is 0.0547 e. The van der Waals surface area contributed by atoms with Crippen molar-refractivity contribution in [1.82, 2.24) is 9.13 Å². The van der Waals surface area contributed by atoms with E-state index < -0.39 is 0 Å². The van der Waals surface area contributed by atoms with Crippen molar-refractivity contribution in [2.75, 3.05) is 0 Å². The Hall–Kier alpha value is -6.84. The number of fused-ring (bicyclic) bond motifs is 6. The molecule has 0 radical (unpaired) electrons. The van der Waals surface area contributed by atoms with E-state index >= 15 is 0 Å². The van der Waals surface area contributed by atoms with E-state index in [9.17, 15) is 0 Å². The van der Waals surface area contributed by atoms with Crippen molar-refractivity contribution < 1.29 is 0 Å². The van der Waals surface area contributed by atoms with Gasteiger partial charge in [-0.2, -0.15) is 0 Å². The Kier molecular flexibility index (Phi) is 7.09. The highest BCUT2D eigenvalue weighted by Crippen LogP contribution is 2.41. The minimum atomic E-state index is -0.372. The molecule has 0 bridgehead atoms. The molecule has 0 saturated heterocycles. The Morgan fingerprint density at radius 1 is 0.472 bits per heavy atom. The summed E-state index contributed by atoms with van der Waals surface area (Å²) in [5.41, 5.74) is 20.1. The lowest BCUT2D eigenvalue weighted by atomic mass is 9.72. The van der Waals surface area contributed by atoms with E-state index in [1.807, 2.05) is 18.2 Å². The van der Waals surface area contributed by atoms with Crippen molar-refractivity contribution in [3.8, 4) is 22.5 Å². The van der Waals surface area contributed by atoms with Gasteiger partial charge in [0.2, 0.25) is 0 Å². The fourth-order valence-electron chi connectivity index (χ4n) is 8.45. The Bertz CT molecular complexity index is 2940. The summed E-state index contributed by atoms with van der Waals surface area (Å²) in [6.45, 7) is 2.26. The SMILES string of the molecule is CC1(c2ccc(-n3c4ccccc4c4ccc(-c5ccc6c(c5)c5ccccc5n6-c5ccccc5)cc43)cc2)C=CC=C/C1=C(/N)c1ccccc1. The topological polar surface area (TPSA) is 35.9 Å². The molecule has 0 fully saturated rings. The lowest BCUT2D eigenvalue weighted by molar-refractivity contribution is 0.718. The summed E-state index contributed by atoms with van der Waals surface area (Å²) in [5, 5.41) is 4.99. The molecule has 1 atom stereocenters. The van der Waals surface area contributed by atoms with E-state index in [0.29, 0.717) is 0 Å². The third-order valence-corrected chi connectivity index (χ3v) is 11.2. The number of rotatable bonds is 5. The van der Waals surface area contributed by atoms with Crippen LogP contribution in [0.2, 0.25) is 0 Å². The minimum Gasteiger partial charge on any atom is -0.398 e. The summed E-state index contributed by atoms with van der Waals surface area (Å²) in [6.07, 6.45) is 8.62. The van der Waals surface area contributed by atoms with Gasteiger partial charge in [-0.1, -0.05) is 140 Å². The first-order valence-corrected chi connectivity index (χ1v) is 18.2. The Morgan fingerprint density at radius 3 is 1.75 bits per heavy atom. The number of benzene rings is 7. The molecule has 3 nitrogen and oxygen atoms in total. The van der Waals surface area contributed by atoms with E-state index in [-0.39, 0.29) is 5.41 Å². The zero-order chi connectivity index (χ0) is 35.5. The van der Waals surface area contributed by atoms with Crippen LogP contribution in [-0.2, 0) is 5.41 Å². The van der Waals surface area contributed by atoms with Gasteiger partial charge >= 0.3 is 0 Å². The van der Waals surface area contributed by atoms with Crippen LogP contribution in [0.3, 0.4) is 0 Å². The molecule has 0 saturated carbocycles. The minimum absolute atomic E-state index is 0.372. The van der Waals surface area contributed by atoms with E-state index in [0.717, 1.165) is 22.5 Å². The maximum absolute atomic E-state index is 6.85. The van der Waals surface area contributed by atoms with Crippen molar-refractivity contribution in [3.05, 3.63) is 211 Å². The van der Waals surface area contributed by atoms with Gasteiger partial charge in [-0.15, -0.1) is 0 Å². The lowest BCUT2D eigenvalue weighted by Crippen LogP contribution is -2.25. The molecule has 1 aliphatic rings. The summed E-state index contributed by atoms with van der Waals surface area (Å²) in [7, 11) is 0. The number of hydrogen-bond acceptors (Lipinski definition) is 1. The first kappa shape index (κ1) is 30.9. The molecule has 1 aliphatic carbocycles. The highest BCUT2D eigenvalue weighted by molar-refractivity contribution is 6.12. The molecule has 10 rings (SSSR count). The molecule has 2 N–H and O–H groups in total. The van der Waals surface area contributed by atoms with E-state index in [1.165, 1.54) is 66.0 Å². The number of nitrogens with zero attached hydrogens (tertiary/aromatic N) is 2. The highest BCUT2D eigenvalue weighted by atomic mass is 15.0. The van der Waals surface area contributed by atoms with Crippen LogP contribution in [0, 0.1) is 0 Å². The molecule has 2 aromatic heterocycles. The van der Waals surface area contributed by atoms with Gasteiger partial charge in [-0.05, 0) is 89.3 Å². The summed E-state index contributed by atoms with van der Waals surface area (Å²) < 4.78 is 4.78. The Labute approximate surface area is 308 Å². The predicted molar refractivity (Wildman–Crippen MR) is 224 cm³/mol. The highest BCUT2D eigenvalue weighted by Gasteiger charge is 2.31. The molecule has 0 spiro atoms. The molecule has 3 heteroatoms. The van der Waals surface area contributed by atoms with Crippen LogP contribution in [-0.4, -0.2) is 9.13 Å². The molecule has 9 aromatic rings. The van der Waals surface area contributed by atoms with Crippen LogP contribution in [0.15, 0.2) is 200 Å². The number of allylic oxidation sites excluding steroid dienone is 5. The first-order valence-electron chi connectivity index (χ1n) is 18.2. The van der Waals surface area contributed by atoms with E-state index in [1.54, 1.807) is 0 Å². The van der Waals surface area contributed by atoms with Gasteiger partial charge in [0, 0.05) is 44.0 Å². The predicted octanol–water partition coefficient (Wildman–Crippen LogP) is 12.3. The van der Waals surface area contributed by atoms with Crippen molar-refractivity contribution >= 4 is 49.3 Å². The zero-order valence-electron chi connectivity index (χ0n) is 29.4. The van der Waals surface area contributed by atoms with Crippen LogP contribution in [0.5, 0.6) is 0 Å². The second-order valence-corrected chi connectivity index (χ2v) is 14.2. The molecule has 1 unspecified atom stereocenters. The molecule has 7 aromatic carbocycles. The fourth-order valence-corrected chi connectivity index (χ4v) is 8.45. The van der Waals surface area contributed by atoms with Crippen molar-refractivity contribution in [2.24, 2.45) is 5.73 Å². The fraction of sp³-hybridized carbons (Fsp3) is 0.0400. The average Bonchev–Trinajstić information content (AvgIpc) is 3.73. The number of para-hydroxylation sites is 3. The maximum Gasteiger partial charge on any atom is 0.0547 e. The molecule has 0 aliphatic heterocycles. The van der Waals surface area contributed by atoms with Crippen molar-refractivity contribution in [2.45, 2.75) is 12.3 Å². The Morgan fingerprint density at radius 2 is 1.02 bits per heavy atom. The molecule has 0 amide bonds. The zero-order valence-corrected chi connectivity index (χ0v) is 29.4. The lowest BCUT2D eigenvalue weighted by Gasteiger charge is -2.32. The second-order valence-electron chi connectivity index (χ2n) is 14.2. The number of aromatic nitrogens is 2. The number of hydrogen-bond donors (Lipinski definition) is 1. The van der Waals surface area contributed by atoms with Crippen LogP contribution in [0.4, 0.5) is 0 Å². The third kappa shape index (κ3) is 4.89. The average molecular weight is 680 g/mol. The van der Waals surface area contributed by atoms with Crippen LogP contribution in [0.1, 0.15) is 18.1 Å². The largest absolute Gasteiger partial charge is 0.398 e. The molecule has 252 valence electrons. The third-order valence-electron chi connectivity index (χ3n) is 11.2. The normalized spacial score (nSPS) is 16.6. The summed E-state index contributed by atoms with van der Waals surface area (Å²) in [5.74, 6) is 0. The summed E-state index contributed by atoms with van der Waals surface area (Å²) in [4.78, 5) is 0. The first-order chi connectivity index (χ1) is 26.1. The molecule has 53 heavy (non-hydrogen) atoms. The molecular formula is C50H37N3. The van der Waals surface area contributed by atoms with E-state index in [2.05, 4.69) is 192 Å². The van der Waals surface area contributed by atoms with Crippen molar-refractivity contribution in [1.29, 1.82) is 0 Å². The van der Waals surface area contributed by atoms with Crippen LogP contribution < -0.4 is 5.73 Å². The molecule has 2 heterocycles. The van der Waals surface area contributed by atoms with Gasteiger partial charge in [-0.3, -0.25) is 0 Å². The van der Waals surface area contributed by atoms with E-state index in [4.69, 9.17) is 5.73 Å². The van der Waals surface area contributed by atoms with Gasteiger partial charge in [0.1, 0.15) is 0 Å². The second kappa shape index (κ2) is 12.1.